The molecule has 0 unspecified atom stereocenters. The Morgan fingerprint density at radius 1 is 1.53 bits per heavy atom. The molecule has 0 aromatic carbocycles. The van der Waals surface area contributed by atoms with E-state index in [0.717, 1.165) is 32.5 Å². The van der Waals surface area contributed by atoms with Crippen LogP contribution in [-0.2, 0) is 4.74 Å². The van der Waals surface area contributed by atoms with Crippen molar-refractivity contribution in [2.24, 2.45) is 0 Å². The Kier molecular flexibility index (Phi) is 5.47. The minimum atomic E-state index is -0.277. The third-order valence-electron chi connectivity index (χ3n) is 2.64. The SMILES string of the molecule is CCCN1CCC[C@H](NC(=O)OCC)C1. The summed E-state index contributed by atoms with van der Waals surface area (Å²) >= 11 is 0. The summed E-state index contributed by atoms with van der Waals surface area (Å²) in [4.78, 5) is 13.6. The Bertz CT molecular complexity index is 195. The molecule has 1 heterocycles. The molecule has 1 rings (SSSR count). The maximum Gasteiger partial charge on any atom is 0.407 e. The molecule has 1 atom stereocenters. The standard InChI is InChI=1S/C11H22N2O2/c1-3-7-13-8-5-6-10(9-13)12-11(14)15-4-2/h10H,3-9H2,1-2H3,(H,12,14)/t10-/m0/s1. The van der Waals surface area contributed by atoms with Gasteiger partial charge in [-0.15, -0.1) is 0 Å². The number of carbonyl (C=O) groups is 1. The van der Waals surface area contributed by atoms with E-state index in [9.17, 15) is 4.79 Å². The van der Waals surface area contributed by atoms with Crippen molar-refractivity contribution in [3.63, 3.8) is 0 Å². The highest BCUT2D eigenvalue weighted by molar-refractivity contribution is 5.67. The van der Waals surface area contributed by atoms with Crippen LogP contribution in [-0.4, -0.2) is 43.3 Å². The van der Waals surface area contributed by atoms with Gasteiger partial charge in [0.15, 0.2) is 0 Å². The molecule has 88 valence electrons. The Balaban J connectivity index is 2.26. The van der Waals surface area contributed by atoms with Crippen molar-refractivity contribution in [1.82, 2.24) is 10.2 Å². The van der Waals surface area contributed by atoms with Crippen molar-refractivity contribution in [3.05, 3.63) is 0 Å². The Hall–Kier alpha value is -0.770. The first kappa shape index (κ1) is 12.3. The number of rotatable bonds is 4. The second-order valence-corrected chi connectivity index (χ2v) is 4.00. The van der Waals surface area contributed by atoms with Gasteiger partial charge in [-0.25, -0.2) is 4.79 Å². The van der Waals surface area contributed by atoms with Crippen molar-refractivity contribution in [1.29, 1.82) is 0 Å². The summed E-state index contributed by atoms with van der Waals surface area (Å²) in [5.41, 5.74) is 0. The van der Waals surface area contributed by atoms with E-state index in [1.807, 2.05) is 6.92 Å². The van der Waals surface area contributed by atoms with Crippen LogP contribution in [0.4, 0.5) is 4.79 Å². The van der Waals surface area contributed by atoms with Crippen LogP contribution in [0.15, 0.2) is 0 Å². The number of likely N-dealkylation sites (tertiary alicyclic amines) is 1. The molecule has 4 nitrogen and oxygen atoms in total. The summed E-state index contributed by atoms with van der Waals surface area (Å²) in [5, 5.41) is 2.91. The fourth-order valence-electron chi connectivity index (χ4n) is 2.03. The maximum atomic E-state index is 11.2. The second kappa shape index (κ2) is 6.67. The molecule has 1 aliphatic rings. The Morgan fingerprint density at radius 3 is 3.00 bits per heavy atom. The normalized spacial score (nSPS) is 22.4. The molecule has 1 N–H and O–H groups in total. The fraction of sp³-hybridized carbons (Fsp3) is 0.909. The first-order chi connectivity index (χ1) is 7.26. The summed E-state index contributed by atoms with van der Waals surface area (Å²) in [6.45, 7) is 7.70. The molecule has 0 saturated carbocycles. The van der Waals surface area contributed by atoms with E-state index in [-0.39, 0.29) is 12.1 Å². The molecule has 0 radical (unpaired) electrons. The molecule has 1 aliphatic heterocycles. The number of carbonyl (C=O) groups excluding carboxylic acids is 1. The predicted octanol–water partition coefficient (Wildman–Crippen LogP) is 1.61. The summed E-state index contributed by atoms with van der Waals surface area (Å²) < 4.78 is 4.87. The summed E-state index contributed by atoms with van der Waals surface area (Å²) in [5.74, 6) is 0. The highest BCUT2D eigenvalue weighted by Crippen LogP contribution is 2.10. The number of nitrogens with one attached hydrogen (secondary N) is 1. The topological polar surface area (TPSA) is 41.6 Å². The number of alkyl carbamates (subject to hydrolysis) is 1. The van der Waals surface area contributed by atoms with E-state index in [4.69, 9.17) is 4.74 Å². The lowest BCUT2D eigenvalue weighted by Gasteiger charge is -2.32. The predicted molar refractivity (Wildman–Crippen MR) is 59.9 cm³/mol. The zero-order valence-corrected chi connectivity index (χ0v) is 9.79. The summed E-state index contributed by atoms with van der Waals surface area (Å²) in [6.07, 6.45) is 3.13. The molecule has 15 heavy (non-hydrogen) atoms. The Labute approximate surface area is 92.0 Å². The second-order valence-electron chi connectivity index (χ2n) is 4.00. The van der Waals surface area contributed by atoms with E-state index in [2.05, 4.69) is 17.1 Å². The number of amides is 1. The van der Waals surface area contributed by atoms with Crippen molar-refractivity contribution >= 4 is 6.09 Å². The average molecular weight is 214 g/mol. The lowest BCUT2D eigenvalue weighted by Crippen LogP contribution is -2.47. The first-order valence-electron chi connectivity index (χ1n) is 5.91. The number of ether oxygens (including phenoxy) is 1. The van der Waals surface area contributed by atoms with Crippen LogP contribution < -0.4 is 5.32 Å². The molecular weight excluding hydrogens is 192 g/mol. The molecule has 0 bridgehead atoms. The van der Waals surface area contributed by atoms with Crippen LogP contribution in [0, 0.1) is 0 Å². The van der Waals surface area contributed by atoms with E-state index < -0.39 is 0 Å². The molecule has 1 amide bonds. The van der Waals surface area contributed by atoms with Crippen molar-refractivity contribution in [2.75, 3.05) is 26.2 Å². The third-order valence-corrected chi connectivity index (χ3v) is 2.64. The minimum absolute atomic E-state index is 0.268. The van der Waals surface area contributed by atoms with Crippen LogP contribution in [0.5, 0.6) is 0 Å². The minimum Gasteiger partial charge on any atom is -0.450 e. The van der Waals surface area contributed by atoms with Crippen LogP contribution in [0.3, 0.4) is 0 Å². The quantitative estimate of drug-likeness (QED) is 0.773. The maximum absolute atomic E-state index is 11.2. The van der Waals surface area contributed by atoms with Gasteiger partial charge in [0.1, 0.15) is 0 Å². The average Bonchev–Trinajstić information content (AvgIpc) is 2.19. The van der Waals surface area contributed by atoms with E-state index in [1.165, 1.54) is 6.42 Å². The molecule has 1 saturated heterocycles. The van der Waals surface area contributed by atoms with Gasteiger partial charge in [0.2, 0.25) is 0 Å². The van der Waals surface area contributed by atoms with Crippen LogP contribution in [0.25, 0.3) is 0 Å². The van der Waals surface area contributed by atoms with Crippen molar-refractivity contribution in [3.8, 4) is 0 Å². The molecule has 4 heteroatoms. The van der Waals surface area contributed by atoms with Gasteiger partial charge < -0.3 is 15.0 Å². The lowest BCUT2D eigenvalue weighted by atomic mass is 10.1. The van der Waals surface area contributed by atoms with Gasteiger partial charge in [0.25, 0.3) is 0 Å². The molecular formula is C11H22N2O2. The molecule has 0 aromatic rings. The fourth-order valence-corrected chi connectivity index (χ4v) is 2.03. The van der Waals surface area contributed by atoms with Gasteiger partial charge in [-0.2, -0.15) is 0 Å². The molecule has 0 aromatic heterocycles. The van der Waals surface area contributed by atoms with Gasteiger partial charge in [-0.1, -0.05) is 6.92 Å². The first-order valence-corrected chi connectivity index (χ1v) is 5.91. The van der Waals surface area contributed by atoms with Crippen LogP contribution >= 0.6 is 0 Å². The number of nitrogens with zero attached hydrogens (tertiary/aromatic N) is 1. The molecule has 0 aliphatic carbocycles. The van der Waals surface area contributed by atoms with Crippen molar-refractivity contribution < 1.29 is 9.53 Å². The lowest BCUT2D eigenvalue weighted by molar-refractivity contribution is 0.134. The van der Waals surface area contributed by atoms with Crippen LogP contribution in [0.1, 0.15) is 33.1 Å². The highest BCUT2D eigenvalue weighted by atomic mass is 16.5. The number of hydrogen-bond donors (Lipinski definition) is 1. The number of hydrogen-bond acceptors (Lipinski definition) is 3. The molecule has 0 spiro atoms. The van der Waals surface area contributed by atoms with Gasteiger partial charge >= 0.3 is 6.09 Å². The zero-order valence-electron chi connectivity index (χ0n) is 9.79. The van der Waals surface area contributed by atoms with Gasteiger partial charge in [0.05, 0.1) is 6.61 Å². The van der Waals surface area contributed by atoms with Gasteiger partial charge in [0, 0.05) is 12.6 Å². The summed E-state index contributed by atoms with van der Waals surface area (Å²) in [6, 6.07) is 0.268. The van der Waals surface area contributed by atoms with Crippen molar-refractivity contribution in [2.45, 2.75) is 39.2 Å². The molecule has 1 fully saturated rings. The van der Waals surface area contributed by atoms with Gasteiger partial charge in [-0.3, -0.25) is 0 Å². The zero-order chi connectivity index (χ0) is 11.1. The largest absolute Gasteiger partial charge is 0.450 e. The van der Waals surface area contributed by atoms with E-state index >= 15 is 0 Å². The third kappa shape index (κ3) is 4.51. The van der Waals surface area contributed by atoms with E-state index in [0.29, 0.717) is 6.61 Å². The summed E-state index contributed by atoms with van der Waals surface area (Å²) in [7, 11) is 0. The van der Waals surface area contributed by atoms with Crippen LogP contribution in [0.2, 0.25) is 0 Å². The smallest absolute Gasteiger partial charge is 0.407 e. The monoisotopic (exact) mass is 214 g/mol. The Morgan fingerprint density at radius 2 is 2.33 bits per heavy atom. The van der Waals surface area contributed by atoms with E-state index in [1.54, 1.807) is 0 Å². The van der Waals surface area contributed by atoms with Gasteiger partial charge in [-0.05, 0) is 39.3 Å². The highest BCUT2D eigenvalue weighted by Gasteiger charge is 2.20. The number of piperidine rings is 1.